The first-order valence-corrected chi connectivity index (χ1v) is 8.42. The summed E-state index contributed by atoms with van der Waals surface area (Å²) in [7, 11) is 0. The number of nitrogens with one attached hydrogen (secondary N) is 1. The Morgan fingerprint density at radius 2 is 1.84 bits per heavy atom. The summed E-state index contributed by atoms with van der Waals surface area (Å²) in [4.78, 5) is 24.4. The number of amides is 1. The van der Waals surface area contributed by atoms with Gasteiger partial charge in [-0.1, -0.05) is 48.5 Å². The number of carbonyl (C=O) groups is 2. The molecular formula is C20H19NO4. The number of para-hydroxylation sites is 1. The molecule has 2 aliphatic rings. The molecular weight excluding hydrogens is 318 g/mol. The van der Waals surface area contributed by atoms with Crippen molar-refractivity contribution >= 4 is 11.9 Å². The average Bonchev–Trinajstić information content (AvgIpc) is 3.35. The van der Waals surface area contributed by atoms with Crippen molar-refractivity contribution in [3.05, 3.63) is 65.7 Å². The number of benzene rings is 2. The molecule has 0 bridgehead atoms. The van der Waals surface area contributed by atoms with Crippen LogP contribution in [0.25, 0.3) is 0 Å². The zero-order valence-corrected chi connectivity index (χ0v) is 13.6. The first-order valence-electron chi connectivity index (χ1n) is 8.42. The topological polar surface area (TPSA) is 75.6 Å². The lowest BCUT2D eigenvalue weighted by molar-refractivity contribution is -0.142. The van der Waals surface area contributed by atoms with Crippen LogP contribution in [0.4, 0.5) is 0 Å². The number of carboxylic acids is 1. The van der Waals surface area contributed by atoms with E-state index in [1.54, 1.807) is 24.3 Å². The third kappa shape index (κ3) is 2.65. The zero-order chi connectivity index (χ0) is 17.4. The maximum atomic E-state index is 12.8. The predicted octanol–water partition coefficient (Wildman–Crippen LogP) is 2.67. The maximum absolute atomic E-state index is 12.8. The van der Waals surface area contributed by atoms with E-state index in [0.717, 1.165) is 24.2 Å². The van der Waals surface area contributed by atoms with E-state index in [2.05, 4.69) is 5.32 Å². The van der Waals surface area contributed by atoms with Gasteiger partial charge in [0.25, 0.3) is 0 Å². The summed E-state index contributed by atoms with van der Waals surface area (Å²) in [5, 5.41) is 12.2. The van der Waals surface area contributed by atoms with E-state index in [1.165, 1.54) is 0 Å². The summed E-state index contributed by atoms with van der Waals surface area (Å²) in [6.07, 6.45) is 1.52. The van der Waals surface area contributed by atoms with Crippen LogP contribution >= 0.6 is 0 Å². The van der Waals surface area contributed by atoms with Gasteiger partial charge in [-0.25, -0.2) is 4.79 Å². The van der Waals surface area contributed by atoms with E-state index in [0.29, 0.717) is 12.2 Å². The van der Waals surface area contributed by atoms with Gasteiger partial charge in [-0.2, -0.15) is 0 Å². The molecule has 128 valence electrons. The predicted molar refractivity (Wildman–Crippen MR) is 91.3 cm³/mol. The quantitative estimate of drug-likeness (QED) is 0.899. The maximum Gasteiger partial charge on any atom is 0.330 e. The van der Waals surface area contributed by atoms with Gasteiger partial charge in [0, 0.05) is 16.9 Å². The molecule has 0 saturated heterocycles. The van der Waals surface area contributed by atoms with Crippen LogP contribution in [-0.4, -0.2) is 23.6 Å². The minimum atomic E-state index is -1.05. The summed E-state index contributed by atoms with van der Waals surface area (Å²) < 4.78 is 5.69. The Labute approximate surface area is 145 Å². The molecule has 1 saturated carbocycles. The highest BCUT2D eigenvalue weighted by molar-refractivity contribution is 5.89. The number of carboxylic acid groups (broad SMARTS) is 1. The molecule has 2 aromatic rings. The summed E-state index contributed by atoms with van der Waals surface area (Å²) >= 11 is 0. The zero-order valence-electron chi connectivity index (χ0n) is 13.6. The van der Waals surface area contributed by atoms with Gasteiger partial charge in [0.2, 0.25) is 5.91 Å². The number of fused-ring (bicyclic) bond motifs is 2. The molecule has 0 radical (unpaired) electrons. The molecule has 25 heavy (non-hydrogen) atoms. The first kappa shape index (κ1) is 15.7. The minimum Gasteiger partial charge on any atom is -0.493 e. The highest BCUT2D eigenvalue weighted by atomic mass is 16.5. The van der Waals surface area contributed by atoms with Crippen molar-refractivity contribution in [2.45, 2.75) is 24.3 Å². The highest BCUT2D eigenvalue weighted by Crippen LogP contribution is 2.60. The number of hydrogen-bond acceptors (Lipinski definition) is 3. The molecule has 2 N–H and O–H groups in total. The second-order valence-corrected chi connectivity index (χ2v) is 6.70. The van der Waals surface area contributed by atoms with E-state index in [4.69, 9.17) is 4.74 Å². The molecule has 1 amide bonds. The Bertz CT molecular complexity index is 819. The van der Waals surface area contributed by atoms with Crippen LogP contribution < -0.4 is 10.1 Å². The first-order chi connectivity index (χ1) is 12.1. The molecule has 5 heteroatoms. The van der Waals surface area contributed by atoms with E-state index in [1.807, 2.05) is 30.3 Å². The fourth-order valence-electron chi connectivity index (χ4n) is 3.88. The Balaban J connectivity index is 1.55. The van der Waals surface area contributed by atoms with Crippen LogP contribution in [0.2, 0.25) is 0 Å². The fraction of sp³-hybridized carbons (Fsp3) is 0.300. The number of rotatable bonds is 4. The molecule has 1 fully saturated rings. The van der Waals surface area contributed by atoms with Crippen LogP contribution in [0.5, 0.6) is 5.75 Å². The van der Waals surface area contributed by atoms with Crippen LogP contribution in [0.3, 0.4) is 0 Å². The van der Waals surface area contributed by atoms with E-state index in [-0.39, 0.29) is 17.2 Å². The van der Waals surface area contributed by atoms with Gasteiger partial charge >= 0.3 is 5.97 Å². The van der Waals surface area contributed by atoms with Gasteiger partial charge in [-0.15, -0.1) is 0 Å². The largest absolute Gasteiger partial charge is 0.493 e. The molecule has 1 heterocycles. The van der Waals surface area contributed by atoms with Gasteiger partial charge in [0.15, 0.2) is 6.04 Å². The third-order valence-corrected chi connectivity index (χ3v) is 5.29. The Morgan fingerprint density at radius 1 is 1.12 bits per heavy atom. The van der Waals surface area contributed by atoms with Gasteiger partial charge < -0.3 is 15.2 Å². The molecule has 1 spiro atoms. The monoisotopic (exact) mass is 337 g/mol. The summed E-state index contributed by atoms with van der Waals surface area (Å²) in [6, 6.07) is 15.6. The van der Waals surface area contributed by atoms with Crippen molar-refractivity contribution in [1.29, 1.82) is 0 Å². The van der Waals surface area contributed by atoms with Crippen molar-refractivity contribution in [2.75, 3.05) is 6.61 Å². The lowest BCUT2D eigenvalue weighted by Gasteiger charge is -2.27. The highest BCUT2D eigenvalue weighted by Gasteiger charge is 2.61. The van der Waals surface area contributed by atoms with Gasteiger partial charge in [0.1, 0.15) is 5.75 Å². The second kappa shape index (κ2) is 5.92. The second-order valence-electron chi connectivity index (χ2n) is 6.70. The van der Waals surface area contributed by atoms with Crippen molar-refractivity contribution < 1.29 is 19.4 Å². The third-order valence-electron chi connectivity index (χ3n) is 5.29. The summed E-state index contributed by atoms with van der Waals surface area (Å²) in [5.74, 6) is -0.625. The fourth-order valence-corrected chi connectivity index (χ4v) is 3.88. The van der Waals surface area contributed by atoms with Crippen molar-refractivity contribution in [3.8, 4) is 5.75 Å². The van der Waals surface area contributed by atoms with Crippen LogP contribution in [-0.2, 0) is 15.0 Å². The number of aliphatic carboxylic acids is 1. The van der Waals surface area contributed by atoms with Gasteiger partial charge in [-0.05, 0) is 24.5 Å². The average molecular weight is 337 g/mol. The van der Waals surface area contributed by atoms with Crippen LogP contribution in [0.15, 0.2) is 54.6 Å². The van der Waals surface area contributed by atoms with Crippen molar-refractivity contribution in [3.63, 3.8) is 0 Å². The minimum absolute atomic E-state index is 0.201. The summed E-state index contributed by atoms with van der Waals surface area (Å²) in [6.45, 7) is 0.585. The van der Waals surface area contributed by atoms with E-state index >= 15 is 0 Å². The van der Waals surface area contributed by atoms with Crippen molar-refractivity contribution in [2.24, 2.45) is 5.92 Å². The molecule has 1 aliphatic heterocycles. The lowest BCUT2D eigenvalue weighted by Crippen LogP contribution is -2.37. The Kier molecular flexibility index (Phi) is 3.71. The standard InChI is InChI=1S/C20H19NO4/c22-18(21-17(19(23)24)13-6-2-1-3-7-13)15-12-20(15)10-11-25-16-9-5-4-8-14(16)20/h1-9,15,17H,10-12H2,(H,21,22)(H,23,24)/t15-,17+,20+/m1/s1. The van der Waals surface area contributed by atoms with Crippen molar-refractivity contribution in [1.82, 2.24) is 5.32 Å². The molecule has 2 aromatic carbocycles. The smallest absolute Gasteiger partial charge is 0.330 e. The summed E-state index contributed by atoms with van der Waals surface area (Å²) in [5.41, 5.74) is 1.43. The van der Waals surface area contributed by atoms with E-state index in [9.17, 15) is 14.7 Å². The Hall–Kier alpha value is -2.82. The molecule has 0 aromatic heterocycles. The molecule has 1 aliphatic carbocycles. The molecule has 3 atom stereocenters. The SMILES string of the molecule is O=C(O)[C@@H](NC(=O)[C@H]1C[C@]12CCOc1ccccc12)c1ccccc1. The van der Waals surface area contributed by atoms with Gasteiger partial charge in [0.05, 0.1) is 6.61 Å². The van der Waals surface area contributed by atoms with Crippen LogP contribution in [0.1, 0.15) is 30.0 Å². The molecule has 4 rings (SSSR count). The van der Waals surface area contributed by atoms with E-state index < -0.39 is 12.0 Å². The molecule has 5 nitrogen and oxygen atoms in total. The lowest BCUT2D eigenvalue weighted by atomic mass is 9.87. The number of ether oxygens (including phenoxy) is 1. The normalized spacial score (nSPS) is 24.7. The number of hydrogen-bond donors (Lipinski definition) is 2. The van der Waals surface area contributed by atoms with Gasteiger partial charge in [-0.3, -0.25) is 4.79 Å². The number of carbonyl (C=O) groups excluding carboxylic acids is 1. The van der Waals surface area contributed by atoms with Crippen LogP contribution in [0, 0.1) is 5.92 Å². The molecule has 0 unspecified atom stereocenters. The Morgan fingerprint density at radius 3 is 2.60 bits per heavy atom.